The van der Waals surface area contributed by atoms with E-state index in [-0.39, 0.29) is 28.3 Å². The van der Waals surface area contributed by atoms with Crippen molar-refractivity contribution in [3.05, 3.63) is 30.3 Å². The summed E-state index contributed by atoms with van der Waals surface area (Å²) in [6, 6.07) is 10.2. The molecule has 1 aliphatic heterocycles. The van der Waals surface area contributed by atoms with Gasteiger partial charge in [0.1, 0.15) is 10.9 Å². The normalized spacial score (nSPS) is 23.1. The van der Waals surface area contributed by atoms with Crippen LogP contribution in [0.4, 0.5) is 0 Å². The molecule has 0 aliphatic carbocycles. The zero-order valence-electron chi connectivity index (χ0n) is 23.4. The van der Waals surface area contributed by atoms with Crippen LogP contribution in [0.2, 0.25) is 36.3 Å². The third-order valence-corrected chi connectivity index (χ3v) is 18.4. The quantitative estimate of drug-likeness (QED) is 0.229. The summed E-state index contributed by atoms with van der Waals surface area (Å²) in [4.78, 5) is 14.2. The maximum atomic E-state index is 13.1. The van der Waals surface area contributed by atoms with Gasteiger partial charge in [-0.3, -0.25) is 4.79 Å². The number of carbonyl (C=O) groups excluding carboxylic acids is 1. The molecule has 0 saturated carbocycles. The first-order valence-corrected chi connectivity index (χ1v) is 19.3. The predicted molar refractivity (Wildman–Crippen MR) is 150 cm³/mol. The fraction of sp³-hybridized carbons (Fsp3) is 0.741. The highest BCUT2D eigenvalue weighted by molar-refractivity contribution is 8.01. The van der Waals surface area contributed by atoms with Gasteiger partial charge >= 0.3 is 5.97 Å². The summed E-state index contributed by atoms with van der Waals surface area (Å²) in [5.41, 5.74) is 0. The highest BCUT2D eigenvalue weighted by atomic mass is 32.2. The summed E-state index contributed by atoms with van der Waals surface area (Å²) in [6.07, 6.45) is 2.12. The van der Waals surface area contributed by atoms with Crippen molar-refractivity contribution < 1.29 is 18.4 Å². The van der Waals surface area contributed by atoms with E-state index in [0.29, 0.717) is 6.61 Å². The van der Waals surface area contributed by atoms with Crippen molar-refractivity contribution in [3.8, 4) is 0 Å². The third-order valence-electron chi connectivity index (χ3n) is 7.93. The molecule has 0 aromatic heterocycles. The van der Waals surface area contributed by atoms with Gasteiger partial charge in [0.05, 0.1) is 12.7 Å². The lowest BCUT2D eigenvalue weighted by Crippen LogP contribution is -2.48. The van der Waals surface area contributed by atoms with Crippen molar-refractivity contribution in [2.24, 2.45) is 0 Å². The molecule has 3 atom stereocenters. The Kier molecular flexibility index (Phi) is 9.40. The van der Waals surface area contributed by atoms with Crippen LogP contribution in [0.15, 0.2) is 35.2 Å². The second-order valence-electron chi connectivity index (χ2n) is 12.9. The fourth-order valence-electron chi connectivity index (χ4n) is 3.61. The van der Waals surface area contributed by atoms with Crippen molar-refractivity contribution in [3.63, 3.8) is 0 Å². The molecule has 7 heteroatoms. The molecular weight excluding hydrogens is 477 g/mol. The molecular formula is C27H48O4SSi2. The number of carbonyl (C=O) groups is 1. The second kappa shape index (κ2) is 10.8. The highest BCUT2D eigenvalue weighted by Crippen LogP contribution is 2.47. The zero-order valence-corrected chi connectivity index (χ0v) is 26.2. The fourth-order valence-corrected chi connectivity index (χ4v) is 7.44. The topological polar surface area (TPSA) is 44.8 Å². The average Bonchev–Trinajstić information content (AvgIpc) is 2.96. The Morgan fingerprint density at radius 3 is 2.06 bits per heavy atom. The zero-order chi connectivity index (χ0) is 26.0. The number of hydrogen-bond donors (Lipinski definition) is 0. The van der Waals surface area contributed by atoms with E-state index in [1.165, 1.54) is 0 Å². The van der Waals surface area contributed by atoms with Gasteiger partial charge in [0, 0.05) is 11.3 Å². The number of rotatable bonds is 10. The van der Waals surface area contributed by atoms with Crippen LogP contribution in [0.1, 0.15) is 67.7 Å². The lowest BCUT2D eigenvalue weighted by atomic mass is 9.96. The second-order valence-corrected chi connectivity index (χ2v) is 24.0. The predicted octanol–water partition coefficient (Wildman–Crippen LogP) is 8.05. The van der Waals surface area contributed by atoms with Crippen molar-refractivity contribution in [2.45, 2.75) is 126 Å². The minimum Gasteiger partial charge on any atom is -0.462 e. The summed E-state index contributed by atoms with van der Waals surface area (Å²) < 4.78 is 18.6. The number of cyclic esters (lactones) is 1. The van der Waals surface area contributed by atoms with Crippen molar-refractivity contribution >= 4 is 34.4 Å². The first-order chi connectivity index (χ1) is 15.4. The third kappa shape index (κ3) is 7.45. The van der Waals surface area contributed by atoms with Crippen LogP contribution >= 0.6 is 11.8 Å². The number of hydrogen-bond acceptors (Lipinski definition) is 5. The van der Waals surface area contributed by atoms with Crippen LogP contribution in [-0.2, 0) is 18.4 Å². The summed E-state index contributed by atoms with van der Waals surface area (Å²) in [6.45, 7) is 25.4. The monoisotopic (exact) mass is 524 g/mol. The molecule has 2 rings (SSSR count). The van der Waals surface area contributed by atoms with Gasteiger partial charge in [-0.25, -0.2) is 0 Å². The molecule has 0 N–H and O–H groups in total. The van der Waals surface area contributed by atoms with E-state index in [4.69, 9.17) is 13.6 Å². The van der Waals surface area contributed by atoms with Gasteiger partial charge in [-0.05, 0) is 68.2 Å². The Bertz CT molecular complexity index is 814. The van der Waals surface area contributed by atoms with Gasteiger partial charge in [0.25, 0.3) is 0 Å². The standard InChI is InChI=1S/C27H48O4SSi2/c1-21-19-27(24(28)30-21,32-23-15-13-12-14-16-23)18-17-22(31-34(10,11)26(5,6)7)20-29-33(8,9)25(2,3)4/h12-16,21-22H,17-20H2,1-11H3/t21-,22+,27?/m0/s1. The number of esters is 1. The van der Waals surface area contributed by atoms with Gasteiger partial charge < -0.3 is 13.6 Å². The van der Waals surface area contributed by atoms with Crippen LogP contribution in [-0.4, -0.2) is 46.2 Å². The Morgan fingerprint density at radius 2 is 1.59 bits per heavy atom. The Labute approximate surface area is 215 Å². The maximum absolute atomic E-state index is 13.1. The molecule has 1 aliphatic rings. The van der Waals surface area contributed by atoms with Gasteiger partial charge in [-0.15, -0.1) is 11.8 Å². The van der Waals surface area contributed by atoms with Crippen molar-refractivity contribution in [1.29, 1.82) is 0 Å². The first-order valence-electron chi connectivity index (χ1n) is 12.7. The summed E-state index contributed by atoms with van der Waals surface area (Å²) in [5.74, 6) is -0.0924. The maximum Gasteiger partial charge on any atom is 0.322 e. The Morgan fingerprint density at radius 1 is 1.03 bits per heavy atom. The summed E-state index contributed by atoms with van der Waals surface area (Å²) >= 11 is 1.65. The molecule has 1 fully saturated rings. The van der Waals surface area contributed by atoms with Crippen LogP contribution in [0.3, 0.4) is 0 Å². The average molecular weight is 525 g/mol. The van der Waals surface area contributed by atoms with Gasteiger partial charge in [-0.1, -0.05) is 59.7 Å². The molecule has 34 heavy (non-hydrogen) atoms. The molecule has 1 unspecified atom stereocenters. The summed E-state index contributed by atoms with van der Waals surface area (Å²) in [5, 5.41) is 0.253. The van der Waals surface area contributed by atoms with Crippen LogP contribution in [0.5, 0.6) is 0 Å². The molecule has 1 heterocycles. The number of ether oxygens (including phenoxy) is 1. The molecule has 0 amide bonds. The van der Waals surface area contributed by atoms with Crippen LogP contribution in [0, 0.1) is 0 Å². The van der Waals surface area contributed by atoms with E-state index < -0.39 is 21.4 Å². The number of thioether (sulfide) groups is 1. The van der Waals surface area contributed by atoms with E-state index in [2.05, 4.69) is 79.9 Å². The van der Waals surface area contributed by atoms with E-state index in [1.807, 2.05) is 25.1 Å². The van der Waals surface area contributed by atoms with E-state index >= 15 is 0 Å². The molecule has 0 bridgehead atoms. The minimum absolute atomic E-state index is 0.0352. The Hall–Kier alpha value is -0.606. The molecule has 1 saturated heterocycles. The largest absolute Gasteiger partial charge is 0.462 e. The molecule has 1 aromatic carbocycles. The highest BCUT2D eigenvalue weighted by Gasteiger charge is 2.49. The van der Waals surface area contributed by atoms with Crippen LogP contribution in [0.25, 0.3) is 0 Å². The molecule has 4 nitrogen and oxygen atoms in total. The molecule has 0 radical (unpaired) electrons. The van der Waals surface area contributed by atoms with E-state index in [1.54, 1.807) is 11.8 Å². The Balaban J connectivity index is 2.25. The van der Waals surface area contributed by atoms with E-state index in [9.17, 15) is 4.79 Å². The molecule has 0 spiro atoms. The van der Waals surface area contributed by atoms with Gasteiger partial charge in [-0.2, -0.15) is 0 Å². The smallest absolute Gasteiger partial charge is 0.322 e. The molecule has 194 valence electrons. The molecule has 1 aromatic rings. The lowest BCUT2D eigenvalue weighted by molar-refractivity contribution is -0.142. The van der Waals surface area contributed by atoms with Gasteiger partial charge in [0.2, 0.25) is 0 Å². The number of benzene rings is 1. The van der Waals surface area contributed by atoms with E-state index in [0.717, 1.165) is 24.2 Å². The summed E-state index contributed by atoms with van der Waals surface area (Å²) in [7, 11) is -3.92. The SMILES string of the molecule is C[C@H]1CC(CC[C@H](CO[Si](C)(C)C(C)(C)C)O[Si](C)(C)C(C)(C)C)(Sc2ccccc2)C(=O)O1. The van der Waals surface area contributed by atoms with Crippen molar-refractivity contribution in [1.82, 2.24) is 0 Å². The van der Waals surface area contributed by atoms with Gasteiger partial charge in [0.15, 0.2) is 16.6 Å². The van der Waals surface area contributed by atoms with Crippen molar-refractivity contribution in [2.75, 3.05) is 6.61 Å². The first kappa shape index (κ1) is 29.6. The lowest BCUT2D eigenvalue weighted by Gasteiger charge is -2.42. The van der Waals surface area contributed by atoms with Crippen LogP contribution < -0.4 is 0 Å². The minimum atomic E-state index is -2.00.